The zero-order chi connectivity index (χ0) is 16.1. The summed E-state index contributed by atoms with van der Waals surface area (Å²) in [5.74, 6) is 0.759. The summed E-state index contributed by atoms with van der Waals surface area (Å²) in [7, 11) is 0. The van der Waals surface area contributed by atoms with Crippen LogP contribution in [-0.4, -0.2) is 21.1 Å². The van der Waals surface area contributed by atoms with E-state index < -0.39 is 0 Å². The van der Waals surface area contributed by atoms with E-state index in [1.54, 1.807) is 24.7 Å². The molecule has 3 rings (SSSR count). The van der Waals surface area contributed by atoms with E-state index in [1.807, 2.05) is 29.0 Å². The van der Waals surface area contributed by atoms with Gasteiger partial charge in [-0.3, -0.25) is 0 Å². The lowest BCUT2D eigenvalue weighted by molar-refractivity contribution is 0.578. The van der Waals surface area contributed by atoms with Gasteiger partial charge in [0.25, 0.3) is 0 Å². The number of oxazole rings is 1. The van der Waals surface area contributed by atoms with Crippen molar-refractivity contribution >= 4 is 17.5 Å². The Bertz CT molecular complexity index is 819. The summed E-state index contributed by atoms with van der Waals surface area (Å²) in [6, 6.07) is 9.21. The molecule has 7 heteroatoms. The van der Waals surface area contributed by atoms with Crippen molar-refractivity contribution in [3.8, 4) is 17.5 Å². The first-order valence-corrected chi connectivity index (χ1v) is 7.50. The van der Waals surface area contributed by atoms with Crippen LogP contribution in [0.5, 0.6) is 0 Å². The van der Waals surface area contributed by atoms with Crippen molar-refractivity contribution in [1.29, 1.82) is 5.26 Å². The molecular weight excluding hydrogens is 314 g/mol. The third-order valence-corrected chi connectivity index (χ3v) is 3.48. The Morgan fingerprint density at radius 2 is 2.30 bits per heavy atom. The van der Waals surface area contributed by atoms with Crippen LogP contribution >= 0.6 is 11.6 Å². The predicted octanol–water partition coefficient (Wildman–Crippen LogP) is 3.57. The van der Waals surface area contributed by atoms with Crippen LogP contribution in [0.2, 0.25) is 5.02 Å². The molecular formula is C16H14ClN5O. The summed E-state index contributed by atoms with van der Waals surface area (Å²) < 4.78 is 7.65. The lowest BCUT2D eigenvalue weighted by Crippen LogP contribution is -2.06. The van der Waals surface area contributed by atoms with E-state index in [1.165, 1.54) is 0 Å². The second kappa shape index (κ2) is 6.99. The number of imidazole rings is 1. The number of nitrogens with one attached hydrogen (secondary N) is 1. The summed E-state index contributed by atoms with van der Waals surface area (Å²) >= 11 is 5.97. The highest BCUT2D eigenvalue weighted by Crippen LogP contribution is 2.27. The molecule has 0 aliphatic rings. The molecule has 6 nitrogen and oxygen atoms in total. The normalized spacial score (nSPS) is 10.4. The van der Waals surface area contributed by atoms with Crippen LogP contribution in [0.15, 0.2) is 47.4 Å². The van der Waals surface area contributed by atoms with Gasteiger partial charge in [-0.05, 0) is 24.6 Å². The first kappa shape index (κ1) is 15.1. The largest absolute Gasteiger partial charge is 0.419 e. The number of hydrogen-bond donors (Lipinski definition) is 1. The number of nitrogens with zero attached hydrogens (tertiary/aromatic N) is 4. The molecule has 0 saturated heterocycles. The summed E-state index contributed by atoms with van der Waals surface area (Å²) in [4.78, 5) is 8.20. The maximum atomic E-state index is 9.19. The maximum Gasteiger partial charge on any atom is 0.232 e. The molecule has 0 unspecified atom stereocenters. The SMILES string of the molecule is N#Cc1nc(-c2cccc(Cl)c2)oc1NCCCn1ccnc1. The lowest BCUT2D eigenvalue weighted by Gasteiger charge is -2.03. The van der Waals surface area contributed by atoms with Gasteiger partial charge in [0.1, 0.15) is 6.07 Å². The molecule has 0 fully saturated rings. The highest BCUT2D eigenvalue weighted by Gasteiger charge is 2.14. The monoisotopic (exact) mass is 327 g/mol. The fourth-order valence-corrected chi connectivity index (χ4v) is 2.33. The Morgan fingerprint density at radius 3 is 3.04 bits per heavy atom. The molecule has 0 saturated carbocycles. The first-order chi connectivity index (χ1) is 11.3. The average molecular weight is 328 g/mol. The second-order valence-electron chi connectivity index (χ2n) is 4.90. The van der Waals surface area contributed by atoms with Gasteiger partial charge in [0, 0.05) is 36.1 Å². The van der Waals surface area contributed by atoms with Crippen molar-refractivity contribution in [2.45, 2.75) is 13.0 Å². The van der Waals surface area contributed by atoms with Crippen molar-refractivity contribution < 1.29 is 4.42 Å². The van der Waals surface area contributed by atoms with Gasteiger partial charge >= 0.3 is 0 Å². The first-order valence-electron chi connectivity index (χ1n) is 7.13. The Kier molecular flexibility index (Phi) is 4.60. The van der Waals surface area contributed by atoms with Crippen molar-refractivity contribution in [3.05, 3.63) is 53.7 Å². The van der Waals surface area contributed by atoms with E-state index in [0.717, 1.165) is 18.5 Å². The van der Waals surface area contributed by atoms with Crippen molar-refractivity contribution in [3.63, 3.8) is 0 Å². The highest BCUT2D eigenvalue weighted by molar-refractivity contribution is 6.30. The summed E-state index contributed by atoms with van der Waals surface area (Å²) in [5, 5.41) is 12.9. The standard InChI is InChI=1S/C16H14ClN5O/c17-13-4-1-3-12(9-13)15-21-14(10-18)16(23-15)20-5-2-7-22-8-6-19-11-22/h1,3-4,6,8-9,11,20H,2,5,7H2. The third-order valence-electron chi connectivity index (χ3n) is 3.24. The molecule has 0 bridgehead atoms. The van der Waals surface area contributed by atoms with E-state index in [4.69, 9.17) is 16.0 Å². The zero-order valence-corrected chi connectivity index (χ0v) is 13.0. The molecule has 0 aliphatic heterocycles. The van der Waals surface area contributed by atoms with Crippen molar-refractivity contribution in [1.82, 2.24) is 14.5 Å². The minimum Gasteiger partial charge on any atom is -0.419 e. The number of aryl methyl sites for hydroxylation is 1. The number of nitriles is 1. The molecule has 23 heavy (non-hydrogen) atoms. The number of halogens is 1. The van der Waals surface area contributed by atoms with Crippen LogP contribution in [0.4, 0.5) is 5.88 Å². The van der Waals surface area contributed by atoms with E-state index in [2.05, 4.69) is 15.3 Å². The highest BCUT2D eigenvalue weighted by atomic mass is 35.5. The zero-order valence-electron chi connectivity index (χ0n) is 12.2. The van der Waals surface area contributed by atoms with Crippen molar-refractivity contribution in [2.75, 3.05) is 11.9 Å². The molecule has 1 aromatic carbocycles. The topological polar surface area (TPSA) is 79.7 Å². The van der Waals surface area contributed by atoms with Crippen LogP contribution < -0.4 is 5.32 Å². The Balaban J connectivity index is 1.66. The van der Waals surface area contributed by atoms with E-state index in [-0.39, 0.29) is 5.69 Å². The molecule has 2 aromatic heterocycles. The quantitative estimate of drug-likeness (QED) is 0.700. The lowest BCUT2D eigenvalue weighted by atomic mass is 10.2. The number of aromatic nitrogens is 3. The molecule has 1 N–H and O–H groups in total. The van der Waals surface area contributed by atoms with Crippen LogP contribution in [0.1, 0.15) is 12.1 Å². The van der Waals surface area contributed by atoms with Gasteiger partial charge in [-0.2, -0.15) is 10.2 Å². The molecule has 0 aliphatic carbocycles. The van der Waals surface area contributed by atoms with Crippen LogP contribution in [0.3, 0.4) is 0 Å². The van der Waals surface area contributed by atoms with Crippen LogP contribution in [-0.2, 0) is 6.54 Å². The molecule has 0 atom stereocenters. The number of anilines is 1. The summed E-state index contributed by atoms with van der Waals surface area (Å²) in [5.41, 5.74) is 0.975. The molecule has 0 radical (unpaired) electrons. The predicted molar refractivity (Wildman–Crippen MR) is 87.0 cm³/mol. The van der Waals surface area contributed by atoms with Gasteiger partial charge < -0.3 is 14.3 Å². The second-order valence-corrected chi connectivity index (χ2v) is 5.34. The maximum absolute atomic E-state index is 9.19. The Morgan fingerprint density at radius 1 is 1.39 bits per heavy atom. The summed E-state index contributed by atoms with van der Waals surface area (Å²) in [6.07, 6.45) is 6.29. The van der Waals surface area contributed by atoms with Crippen LogP contribution in [0.25, 0.3) is 11.5 Å². The molecule has 0 amide bonds. The van der Waals surface area contributed by atoms with Crippen molar-refractivity contribution in [2.24, 2.45) is 0 Å². The van der Waals surface area contributed by atoms with Gasteiger partial charge in [0.2, 0.25) is 17.5 Å². The van der Waals surface area contributed by atoms with Crippen LogP contribution in [0, 0.1) is 11.3 Å². The minimum absolute atomic E-state index is 0.239. The average Bonchev–Trinajstić information content (AvgIpc) is 3.21. The van der Waals surface area contributed by atoms with E-state index >= 15 is 0 Å². The molecule has 116 valence electrons. The smallest absolute Gasteiger partial charge is 0.232 e. The van der Waals surface area contributed by atoms with Gasteiger partial charge in [-0.25, -0.2) is 4.98 Å². The van der Waals surface area contributed by atoms with E-state index in [0.29, 0.717) is 23.3 Å². The Labute approximate surface area is 138 Å². The third kappa shape index (κ3) is 3.71. The fourth-order valence-electron chi connectivity index (χ4n) is 2.14. The molecule has 0 spiro atoms. The van der Waals surface area contributed by atoms with Gasteiger partial charge in [-0.15, -0.1) is 0 Å². The van der Waals surface area contributed by atoms with Gasteiger partial charge in [-0.1, -0.05) is 17.7 Å². The van der Waals surface area contributed by atoms with E-state index in [9.17, 15) is 5.26 Å². The Hall–Kier alpha value is -2.78. The fraction of sp³-hybridized carbons (Fsp3) is 0.188. The molecule has 2 heterocycles. The number of rotatable bonds is 6. The number of hydrogen-bond acceptors (Lipinski definition) is 5. The summed E-state index contributed by atoms with van der Waals surface area (Å²) in [6.45, 7) is 1.50. The van der Waals surface area contributed by atoms with Gasteiger partial charge in [0.05, 0.1) is 6.33 Å². The minimum atomic E-state index is 0.239. The molecule has 3 aromatic rings. The number of benzene rings is 1. The van der Waals surface area contributed by atoms with Gasteiger partial charge in [0.15, 0.2) is 0 Å².